The van der Waals surface area contributed by atoms with E-state index in [-0.39, 0.29) is 31.7 Å². The Hall–Kier alpha value is -3.18. The number of nitrogens with zero attached hydrogens (tertiary/aromatic N) is 2. The summed E-state index contributed by atoms with van der Waals surface area (Å²) in [5, 5.41) is 0. The molecule has 0 aliphatic carbocycles. The van der Waals surface area contributed by atoms with Crippen LogP contribution in [0.1, 0.15) is 37.8 Å². The monoisotopic (exact) mass is 550 g/mol. The van der Waals surface area contributed by atoms with Crippen molar-refractivity contribution >= 4 is 27.5 Å². The molecular weight excluding hydrogens is 521 g/mol. The number of likely N-dealkylation sites (N-methyl/N-ethyl adjacent to an activating group) is 1. The fourth-order valence-electron chi connectivity index (χ4n) is 5.11. The molecule has 0 N–H and O–H groups in total. The summed E-state index contributed by atoms with van der Waals surface area (Å²) in [6.07, 6.45) is -3.20. The molecule has 2 aromatic carbocycles. The van der Waals surface area contributed by atoms with Crippen LogP contribution in [-0.2, 0) is 35.9 Å². The second kappa shape index (κ2) is 10.2. The Kier molecular flexibility index (Phi) is 7.46. The van der Waals surface area contributed by atoms with Crippen LogP contribution in [0.25, 0.3) is 0 Å². The molecule has 0 unspecified atom stereocenters. The highest BCUT2D eigenvalue weighted by atomic mass is 32.2. The van der Waals surface area contributed by atoms with Crippen LogP contribution in [0.4, 0.5) is 18.9 Å². The van der Waals surface area contributed by atoms with Crippen LogP contribution in [0.5, 0.6) is 0 Å². The molecule has 2 aliphatic rings. The van der Waals surface area contributed by atoms with Crippen molar-refractivity contribution < 1.29 is 35.9 Å². The number of halogens is 3. The van der Waals surface area contributed by atoms with Crippen molar-refractivity contribution in [2.24, 2.45) is 5.92 Å². The molecule has 204 valence electrons. The number of ether oxygens (including phenoxy) is 1. The third kappa shape index (κ3) is 5.22. The molecular formula is C27H29F3N2O5S. The Morgan fingerprint density at radius 1 is 1.05 bits per heavy atom. The molecule has 0 amide bonds. The number of para-hydroxylation sites is 1. The van der Waals surface area contributed by atoms with E-state index < -0.39 is 50.6 Å². The van der Waals surface area contributed by atoms with Gasteiger partial charge >= 0.3 is 12.1 Å². The molecule has 0 radical (unpaired) electrons. The standard InChI is InChI=1S/C27H29F3N2O5S/c1-26(2)20-8-4-6-10-22(20)31(3)24(26)16-19(33)17-37-25(34)18-12-14-32(15-13-18)38(35,36)23-11-7-5-9-21(23)27(28,29)30/h4-11,16,18H,12-15,17H2,1-3H3/b24-16-. The number of fused-ring (bicyclic) bond motifs is 1. The first kappa shape index (κ1) is 27.8. The topological polar surface area (TPSA) is 84.0 Å². The summed E-state index contributed by atoms with van der Waals surface area (Å²) in [7, 11) is -2.54. The van der Waals surface area contributed by atoms with Gasteiger partial charge in [-0.3, -0.25) is 9.59 Å². The van der Waals surface area contributed by atoms with Gasteiger partial charge in [-0.25, -0.2) is 8.42 Å². The second-order valence-electron chi connectivity index (χ2n) is 9.98. The van der Waals surface area contributed by atoms with E-state index in [1.165, 1.54) is 12.1 Å². The third-order valence-electron chi connectivity index (χ3n) is 7.19. The van der Waals surface area contributed by atoms with Gasteiger partial charge in [0.25, 0.3) is 0 Å². The predicted molar refractivity (Wildman–Crippen MR) is 135 cm³/mol. The number of rotatable bonds is 6. The largest absolute Gasteiger partial charge is 0.457 e. The van der Waals surface area contributed by atoms with Crippen molar-refractivity contribution in [2.75, 3.05) is 31.6 Å². The van der Waals surface area contributed by atoms with Gasteiger partial charge in [0, 0.05) is 43.0 Å². The lowest BCUT2D eigenvalue weighted by Crippen LogP contribution is -2.41. The van der Waals surface area contributed by atoms with E-state index >= 15 is 0 Å². The van der Waals surface area contributed by atoms with Gasteiger partial charge in [-0.1, -0.05) is 44.2 Å². The quantitative estimate of drug-likeness (QED) is 0.388. The molecule has 1 fully saturated rings. The molecule has 0 atom stereocenters. The van der Waals surface area contributed by atoms with Crippen molar-refractivity contribution in [3.05, 3.63) is 71.4 Å². The van der Waals surface area contributed by atoms with Crippen molar-refractivity contribution in [3.8, 4) is 0 Å². The number of hydrogen-bond donors (Lipinski definition) is 0. The normalized spacial score (nSPS) is 19.4. The second-order valence-corrected chi connectivity index (χ2v) is 11.9. The average Bonchev–Trinajstić information content (AvgIpc) is 3.07. The Balaban J connectivity index is 1.35. The number of esters is 1. The maximum absolute atomic E-state index is 13.3. The summed E-state index contributed by atoms with van der Waals surface area (Å²) in [5.41, 5.74) is 1.21. The Labute approximate surface area is 219 Å². The summed E-state index contributed by atoms with van der Waals surface area (Å²) in [6.45, 7) is 3.29. The number of carbonyl (C=O) groups excluding carboxylic acids is 2. The summed E-state index contributed by atoms with van der Waals surface area (Å²) in [4.78, 5) is 26.4. The van der Waals surface area contributed by atoms with Gasteiger partial charge < -0.3 is 9.64 Å². The van der Waals surface area contributed by atoms with Gasteiger partial charge in [0.1, 0.15) is 0 Å². The lowest BCUT2D eigenvalue weighted by Gasteiger charge is -2.30. The maximum atomic E-state index is 13.3. The Morgan fingerprint density at radius 2 is 1.66 bits per heavy atom. The number of ketones is 1. The van der Waals surface area contributed by atoms with Crippen molar-refractivity contribution in [1.82, 2.24) is 4.31 Å². The van der Waals surface area contributed by atoms with Gasteiger partial charge in [0.05, 0.1) is 16.4 Å². The fraction of sp³-hybridized carbons (Fsp3) is 0.407. The minimum atomic E-state index is -4.82. The summed E-state index contributed by atoms with van der Waals surface area (Å²) in [5.74, 6) is -1.67. The zero-order chi connectivity index (χ0) is 27.9. The van der Waals surface area contributed by atoms with E-state index in [4.69, 9.17) is 4.74 Å². The third-order valence-corrected chi connectivity index (χ3v) is 9.15. The number of hydrogen-bond acceptors (Lipinski definition) is 6. The lowest BCUT2D eigenvalue weighted by molar-refractivity contribution is -0.152. The van der Waals surface area contributed by atoms with Gasteiger partial charge in [-0.2, -0.15) is 17.5 Å². The molecule has 11 heteroatoms. The molecule has 2 aromatic rings. The van der Waals surface area contributed by atoms with E-state index in [9.17, 15) is 31.2 Å². The van der Waals surface area contributed by atoms with Crippen LogP contribution < -0.4 is 4.90 Å². The molecule has 0 spiro atoms. The Morgan fingerprint density at radius 3 is 2.29 bits per heavy atom. The van der Waals surface area contributed by atoms with Crippen LogP contribution in [0.3, 0.4) is 0 Å². The highest BCUT2D eigenvalue weighted by Gasteiger charge is 2.41. The van der Waals surface area contributed by atoms with Crippen molar-refractivity contribution in [3.63, 3.8) is 0 Å². The number of sulfonamides is 1. The predicted octanol–water partition coefficient (Wildman–Crippen LogP) is 4.53. The van der Waals surface area contributed by atoms with Gasteiger partial charge in [0.2, 0.25) is 10.0 Å². The first-order valence-electron chi connectivity index (χ1n) is 12.2. The minimum absolute atomic E-state index is 0.0760. The SMILES string of the molecule is CN1/C(=C\C(=O)COC(=O)C2CCN(S(=O)(=O)c3ccccc3C(F)(F)F)CC2)C(C)(C)c2ccccc21. The lowest BCUT2D eigenvalue weighted by atomic mass is 9.83. The molecule has 4 rings (SSSR count). The van der Waals surface area contributed by atoms with Crippen LogP contribution in [0, 0.1) is 5.92 Å². The van der Waals surface area contributed by atoms with E-state index in [1.54, 1.807) is 0 Å². The van der Waals surface area contributed by atoms with E-state index in [1.807, 2.05) is 50.1 Å². The van der Waals surface area contributed by atoms with E-state index in [0.29, 0.717) is 0 Å². The smallest absolute Gasteiger partial charge is 0.417 e. The molecule has 0 aromatic heterocycles. The van der Waals surface area contributed by atoms with E-state index in [0.717, 1.165) is 39.5 Å². The number of alkyl halides is 3. The average molecular weight is 551 g/mol. The minimum Gasteiger partial charge on any atom is -0.457 e. The fourth-order valence-corrected chi connectivity index (χ4v) is 6.79. The first-order valence-corrected chi connectivity index (χ1v) is 13.6. The van der Waals surface area contributed by atoms with Crippen LogP contribution in [-0.4, -0.2) is 51.2 Å². The molecule has 38 heavy (non-hydrogen) atoms. The summed E-state index contributed by atoms with van der Waals surface area (Å²) >= 11 is 0. The molecule has 2 aliphatic heterocycles. The highest BCUT2D eigenvalue weighted by Crippen LogP contribution is 2.46. The van der Waals surface area contributed by atoms with Gasteiger partial charge in [-0.15, -0.1) is 0 Å². The van der Waals surface area contributed by atoms with Crippen LogP contribution in [0.2, 0.25) is 0 Å². The van der Waals surface area contributed by atoms with Gasteiger partial charge in [-0.05, 0) is 36.6 Å². The Bertz CT molecular complexity index is 1380. The summed E-state index contributed by atoms with van der Waals surface area (Å²) in [6, 6.07) is 11.9. The molecule has 1 saturated heterocycles. The zero-order valence-electron chi connectivity index (χ0n) is 21.3. The number of allylic oxidation sites excluding steroid dienone is 1. The maximum Gasteiger partial charge on any atom is 0.417 e. The van der Waals surface area contributed by atoms with E-state index in [2.05, 4.69) is 0 Å². The van der Waals surface area contributed by atoms with Crippen molar-refractivity contribution in [1.29, 1.82) is 0 Å². The molecule has 7 nitrogen and oxygen atoms in total. The number of piperidine rings is 1. The van der Waals surface area contributed by atoms with Crippen LogP contribution >= 0.6 is 0 Å². The molecule has 0 bridgehead atoms. The first-order chi connectivity index (χ1) is 17.7. The molecule has 0 saturated carbocycles. The van der Waals surface area contributed by atoms with Gasteiger partial charge in [0.15, 0.2) is 12.4 Å². The zero-order valence-corrected chi connectivity index (χ0v) is 22.1. The number of anilines is 1. The highest BCUT2D eigenvalue weighted by molar-refractivity contribution is 7.89. The van der Waals surface area contributed by atoms with Crippen molar-refractivity contribution in [2.45, 2.75) is 43.2 Å². The number of benzene rings is 2. The number of carbonyl (C=O) groups is 2. The van der Waals surface area contributed by atoms with Crippen LogP contribution in [0.15, 0.2) is 65.2 Å². The molecule has 2 heterocycles. The summed E-state index contributed by atoms with van der Waals surface area (Å²) < 4.78 is 72.1.